The average Bonchev–Trinajstić information content (AvgIpc) is 2.03. The van der Waals surface area contributed by atoms with Crippen molar-refractivity contribution in [3.63, 3.8) is 0 Å². The summed E-state index contributed by atoms with van der Waals surface area (Å²) in [6, 6.07) is 0. The molecule has 0 fully saturated rings. The second-order valence-electron chi connectivity index (χ2n) is 3.45. The Bertz CT molecular complexity index is 146. The van der Waals surface area contributed by atoms with Gasteiger partial charge in [-0.1, -0.05) is 20.8 Å². The zero-order valence-electron chi connectivity index (χ0n) is 9.82. The summed E-state index contributed by atoms with van der Waals surface area (Å²) in [4.78, 5) is 14.2. The Morgan fingerprint density at radius 2 is 1.20 bits per heavy atom. The van der Waals surface area contributed by atoms with Crippen molar-refractivity contribution in [1.82, 2.24) is 0 Å². The van der Waals surface area contributed by atoms with Crippen LogP contribution in [0.5, 0.6) is 0 Å². The quantitative estimate of drug-likeness (QED) is 0.722. The fraction of sp³-hybridized carbons (Fsp3) is 1.00. The van der Waals surface area contributed by atoms with Gasteiger partial charge in [-0.15, -0.1) is 9.79 Å². The maximum Gasteiger partial charge on any atom is 0.692 e. The van der Waals surface area contributed by atoms with E-state index in [9.17, 15) is 0 Å². The molecule has 0 rings (SSSR count). The molecule has 0 saturated heterocycles. The summed E-state index contributed by atoms with van der Waals surface area (Å²) in [5.41, 5.74) is 0. The van der Waals surface area contributed by atoms with Crippen LogP contribution < -0.4 is 0 Å². The summed E-state index contributed by atoms with van der Waals surface area (Å²) < 4.78 is 8.70. The molecule has 0 saturated carbocycles. The molecule has 0 bridgehead atoms. The minimum Gasteiger partial charge on any atom is -0.134 e. The zero-order chi connectivity index (χ0) is 12.3. The maximum absolute atomic E-state index is 8.70. The lowest BCUT2D eigenvalue weighted by atomic mass is 10.6. The normalized spacial score (nSPS) is 10.5. The minimum atomic E-state index is -2.87. The van der Waals surface area contributed by atoms with Crippen molar-refractivity contribution in [3.05, 3.63) is 0 Å². The Labute approximate surface area is 103 Å². The molecule has 0 aromatic heterocycles. The van der Waals surface area contributed by atoms with Crippen molar-refractivity contribution >= 4 is 29.7 Å². The molecule has 0 spiro atoms. The third-order valence-corrected chi connectivity index (χ3v) is 8.81. The first-order valence-corrected chi connectivity index (χ1v) is 10.9. The van der Waals surface area contributed by atoms with Gasteiger partial charge in [0, 0.05) is 4.57 Å². The van der Waals surface area contributed by atoms with Gasteiger partial charge in [0.1, 0.15) is 15.5 Å². The van der Waals surface area contributed by atoms with Gasteiger partial charge in [-0.05, 0) is 19.3 Å². The van der Waals surface area contributed by atoms with E-state index < -0.39 is 14.2 Å². The zero-order valence-corrected chi connectivity index (χ0v) is 13.2. The number of hydrogen-bond donors (Lipinski definition) is 2. The van der Waals surface area contributed by atoms with Crippen molar-refractivity contribution < 1.29 is 14.4 Å². The van der Waals surface area contributed by atoms with Crippen molar-refractivity contribution in [2.45, 2.75) is 40.0 Å². The predicted octanol–water partition coefficient (Wildman–Crippen LogP) is 4.17. The van der Waals surface area contributed by atoms with E-state index in [1.54, 1.807) is 0 Å². The molecule has 0 aliphatic rings. The molecule has 0 atom stereocenters. The lowest BCUT2D eigenvalue weighted by Gasteiger charge is -2.17. The van der Waals surface area contributed by atoms with Gasteiger partial charge in [0.2, 0.25) is 0 Å². The van der Waals surface area contributed by atoms with E-state index in [1.807, 2.05) is 0 Å². The fourth-order valence-corrected chi connectivity index (χ4v) is 7.80. The molecule has 0 aromatic carbocycles. The number of hydrogen-bond acceptors (Lipinski definition) is 1. The third kappa shape index (κ3) is 14.9. The molecule has 6 heteroatoms. The van der Waals surface area contributed by atoms with E-state index in [4.69, 9.17) is 14.4 Å². The third-order valence-electron chi connectivity index (χ3n) is 1.87. The van der Waals surface area contributed by atoms with Crippen LogP contribution in [0, 0.1) is 0 Å². The molecule has 0 heterocycles. The average molecular weight is 321 g/mol. The Balaban J connectivity index is 0. The smallest absolute Gasteiger partial charge is 0.134 e. The van der Waals surface area contributed by atoms with Crippen LogP contribution >= 0.6 is 29.7 Å². The SMILES string of the molecule is CCC[P+](Br)(CCC)CCC.O=[P+](O)O. The van der Waals surface area contributed by atoms with Crippen molar-refractivity contribution in [3.8, 4) is 0 Å². The summed E-state index contributed by atoms with van der Waals surface area (Å²) in [6.45, 7) is 6.88. The van der Waals surface area contributed by atoms with Crippen LogP contribution in [-0.4, -0.2) is 28.3 Å². The Morgan fingerprint density at radius 3 is 1.33 bits per heavy atom. The van der Waals surface area contributed by atoms with Crippen molar-refractivity contribution in [2.24, 2.45) is 0 Å². The van der Waals surface area contributed by atoms with Gasteiger partial charge in [-0.2, -0.15) is 0 Å². The molecule has 92 valence electrons. The van der Waals surface area contributed by atoms with Crippen LogP contribution in [0.2, 0.25) is 0 Å². The van der Waals surface area contributed by atoms with Crippen LogP contribution in [-0.2, 0) is 4.57 Å². The van der Waals surface area contributed by atoms with Gasteiger partial charge in [-0.3, -0.25) is 0 Å². The molecule has 3 nitrogen and oxygen atoms in total. The summed E-state index contributed by atoms with van der Waals surface area (Å²) >= 11 is 3.98. The van der Waals surface area contributed by atoms with E-state index in [2.05, 4.69) is 36.3 Å². The topological polar surface area (TPSA) is 57.5 Å². The monoisotopic (exact) mass is 320 g/mol. The van der Waals surface area contributed by atoms with E-state index in [0.717, 1.165) is 0 Å². The maximum atomic E-state index is 8.70. The molecule has 0 aliphatic carbocycles. The lowest BCUT2D eigenvalue weighted by molar-refractivity contribution is 0.405. The molecule has 15 heavy (non-hydrogen) atoms. The Hall–Kier alpha value is 0.930. The molecule has 2 N–H and O–H groups in total. The van der Waals surface area contributed by atoms with Gasteiger partial charge in [0.15, 0.2) is 0 Å². The number of halogens is 1. The highest BCUT2D eigenvalue weighted by Crippen LogP contribution is 2.67. The first-order valence-electron chi connectivity index (χ1n) is 5.32. The summed E-state index contributed by atoms with van der Waals surface area (Å²) in [5, 5.41) is 0. The first-order chi connectivity index (χ1) is 6.91. The molecule has 0 amide bonds. The number of rotatable bonds is 6. The lowest BCUT2D eigenvalue weighted by Crippen LogP contribution is -2.00. The van der Waals surface area contributed by atoms with Crippen LogP contribution in [0.15, 0.2) is 0 Å². The highest BCUT2D eigenvalue weighted by Gasteiger charge is 2.31. The Kier molecular flexibility index (Phi) is 13.9. The second-order valence-corrected chi connectivity index (χ2v) is 11.9. The van der Waals surface area contributed by atoms with Gasteiger partial charge >= 0.3 is 8.25 Å². The first kappa shape index (κ1) is 18.3. The summed E-state index contributed by atoms with van der Waals surface area (Å²) in [6.07, 6.45) is 8.36. The summed E-state index contributed by atoms with van der Waals surface area (Å²) in [7, 11) is -2.87. The van der Waals surface area contributed by atoms with Crippen LogP contribution in [0.3, 0.4) is 0 Å². The van der Waals surface area contributed by atoms with Gasteiger partial charge in [0.05, 0.1) is 24.5 Å². The molecule has 0 aliphatic heterocycles. The minimum absolute atomic E-state index is 0.657. The van der Waals surface area contributed by atoms with Crippen LogP contribution in [0.4, 0.5) is 0 Å². The highest BCUT2D eigenvalue weighted by atomic mass is 79.9. The van der Waals surface area contributed by atoms with E-state index >= 15 is 0 Å². The molecule has 0 radical (unpaired) electrons. The second kappa shape index (κ2) is 11.4. The summed E-state index contributed by atoms with van der Waals surface area (Å²) in [5.74, 6) is -0.657. The van der Waals surface area contributed by atoms with Gasteiger partial charge < -0.3 is 0 Å². The molecule has 0 aromatic rings. The van der Waals surface area contributed by atoms with Crippen molar-refractivity contribution in [2.75, 3.05) is 18.5 Å². The van der Waals surface area contributed by atoms with Crippen LogP contribution in [0.25, 0.3) is 0 Å². The van der Waals surface area contributed by atoms with E-state index in [0.29, 0.717) is 0 Å². The Morgan fingerprint density at radius 1 is 1.00 bits per heavy atom. The van der Waals surface area contributed by atoms with Gasteiger partial charge in [-0.25, -0.2) is 0 Å². The highest BCUT2D eigenvalue weighted by molar-refractivity contribution is 9.42. The predicted molar refractivity (Wildman–Crippen MR) is 73.4 cm³/mol. The molecular weight excluding hydrogens is 298 g/mol. The van der Waals surface area contributed by atoms with Crippen LogP contribution in [0.1, 0.15) is 40.0 Å². The molecular formula is C9H23BrO3P2+2. The standard InChI is InChI=1S/C9H21BrP.HO3P/c1-4-7-11(10,8-5-2)9-6-3;1-4(2)3/h4-9H2,1-3H3;(H-,1,2,3)/q+1;/p+1. The largest absolute Gasteiger partial charge is 0.692 e. The van der Waals surface area contributed by atoms with E-state index in [-0.39, 0.29) is 0 Å². The molecule has 0 unspecified atom stereocenters. The fourth-order valence-electron chi connectivity index (χ4n) is 1.54. The van der Waals surface area contributed by atoms with E-state index in [1.165, 1.54) is 37.7 Å². The van der Waals surface area contributed by atoms with Gasteiger partial charge in [0.25, 0.3) is 0 Å². The van der Waals surface area contributed by atoms with Crippen molar-refractivity contribution in [1.29, 1.82) is 0 Å².